The number of nitrogens with zero attached hydrogens (tertiary/aromatic N) is 3. The van der Waals surface area contributed by atoms with E-state index in [0.717, 1.165) is 11.1 Å². The largest absolute Gasteiger partial charge is 0.374 e. The van der Waals surface area contributed by atoms with Gasteiger partial charge in [-0.15, -0.1) is 0 Å². The maximum atomic E-state index is 12.3. The number of rotatable bonds is 7. The average molecular weight is 387 g/mol. The van der Waals surface area contributed by atoms with Gasteiger partial charge in [0.05, 0.1) is 24.6 Å². The van der Waals surface area contributed by atoms with Crippen LogP contribution in [0.2, 0.25) is 0 Å². The van der Waals surface area contributed by atoms with Crippen LogP contribution in [-0.4, -0.2) is 22.3 Å². The Morgan fingerprint density at radius 1 is 1.21 bits per heavy atom. The van der Waals surface area contributed by atoms with E-state index in [1.165, 1.54) is 0 Å². The lowest BCUT2D eigenvalue weighted by Gasteiger charge is -2.09. The van der Waals surface area contributed by atoms with Crippen LogP contribution in [-0.2, 0) is 11.3 Å². The molecule has 0 radical (unpaired) electrons. The topological polar surface area (TPSA) is 103 Å². The van der Waals surface area contributed by atoms with E-state index in [4.69, 9.17) is 4.74 Å². The van der Waals surface area contributed by atoms with E-state index < -0.39 is 5.56 Å². The van der Waals surface area contributed by atoms with E-state index in [0.29, 0.717) is 17.9 Å². The zero-order valence-corrected chi connectivity index (χ0v) is 16.2. The Bertz CT molecular complexity index is 1100. The second-order valence-electron chi connectivity index (χ2n) is 6.54. The molecule has 0 saturated carbocycles. The number of ether oxygens (including phenoxy) is 1. The standard InChI is InChI=1S/C22H21N5O2/c1-15(2)29-14-18-11-7-6-10-17(18)13-24-27-22-25-20(16-8-4-3-5-9-16)19(12-23)21(28)26-22/h3-11,13,15H,14H2,1-2H3,(H2,25,26,27,28). The first-order chi connectivity index (χ1) is 14.1. The normalized spacial score (nSPS) is 11.0. The summed E-state index contributed by atoms with van der Waals surface area (Å²) in [5.41, 5.74) is 5.05. The van der Waals surface area contributed by atoms with Gasteiger partial charge in [-0.1, -0.05) is 54.6 Å². The van der Waals surface area contributed by atoms with Gasteiger partial charge in [0.2, 0.25) is 5.95 Å². The smallest absolute Gasteiger partial charge is 0.270 e. The zero-order chi connectivity index (χ0) is 20.6. The molecule has 0 aliphatic carbocycles. The molecule has 1 aromatic heterocycles. The van der Waals surface area contributed by atoms with Crippen molar-refractivity contribution in [2.24, 2.45) is 5.10 Å². The average Bonchev–Trinajstić information content (AvgIpc) is 2.73. The van der Waals surface area contributed by atoms with E-state index in [1.807, 2.05) is 62.4 Å². The van der Waals surface area contributed by atoms with E-state index in [1.54, 1.807) is 18.3 Å². The molecule has 0 unspecified atom stereocenters. The van der Waals surface area contributed by atoms with Crippen molar-refractivity contribution in [1.29, 1.82) is 5.26 Å². The highest BCUT2D eigenvalue weighted by atomic mass is 16.5. The quantitative estimate of drug-likeness (QED) is 0.475. The highest BCUT2D eigenvalue weighted by Crippen LogP contribution is 2.19. The van der Waals surface area contributed by atoms with Crippen molar-refractivity contribution in [2.75, 3.05) is 5.43 Å². The third-order valence-corrected chi connectivity index (χ3v) is 4.08. The Labute approximate surface area is 168 Å². The number of hydrogen-bond acceptors (Lipinski definition) is 6. The van der Waals surface area contributed by atoms with E-state index in [2.05, 4.69) is 20.5 Å². The van der Waals surface area contributed by atoms with Crippen molar-refractivity contribution in [3.63, 3.8) is 0 Å². The number of hydrogen-bond donors (Lipinski definition) is 2. The summed E-state index contributed by atoms with van der Waals surface area (Å²) < 4.78 is 5.67. The summed E-state index contributed by atoms with van der Waals surface area (Å²) in [7, 11) is 0. The fraction of sp³-hybridized carbons (Fsp3) is 0.182. The van der Waals surface area contributed by atoms with Gasteiger partial charge in [-0.25, -0.2) is 10.4 Å². The number of aromatic nitrogens is 2. The Kier molecular flexibility index (Phi) is 6.51. The minimum Gasteiger partial charge on any atom is -0.374 e. The molecule has 0 bridgehead atoms. The van der Waals surface area contributed by atoms with Crippen LogP contribution in [0.25, 0.3) is 11.3 Å². The number of anilines is 1. The van der Waals surface area contributed by atoms with Gasteiger partial charge in [0.25, 0.3) is 5.56 Å². The Morgan fingerprint density at radius 2 is 1.93 bits per heavy atom. The lowest BCUT2D eigenvalue weighted by Crippen LogP contribution is -2.16. The molecule has 29 heavy (non-hydrogen) atoms. The number of aromatic amines is 1. The van der Waals surface area contributed by atoms with Gasteiger partial charge in [0.15, 0.2) is 0 Å². The van der Waals surface area contributed by atoms with Crippen molar-refractivity contribution in [3.05, 3.63) is 81.6 Å². The van der Waals surface area contributed by atoms with Crippen LogP contribution in [0, 0.1) is 11.3 Å². The number of hydrazone groups is 1. The zero-order valence-electron chi connectivity index (χ0n) is 16.2. The highest BCUT2D eigenvalue weighted by molar-refractivity contribution is 5.82. The third kappa shape index (κ3) is 5.15. The second-order valence-corrected chi connectivity index (χ2v) is 6.54. The number of nitrogens with one attached hydrogen (secondary N) is 2. The molecule has 0 amide bonds. The van der Waals surface area contributed by atoms with Gasteiger partial charge < -0.3 is 4.74 Å². The molecule has 0 fully saturated rings. The van der Waals surface area contributed by atoms with Crippen LogP contribution in [0.3, 0.4) is 0 Å². The monoisotopic (exact) mass is 387 g/mol. The van der Waals surface area contributed by atoms with Crippen LogP contribution in [0.15, 0.2) is 64.5 Å². The van der Waals surface area contributed by atoms with Crippen LogP contribution >= 0.6 is 0 Å². The van der Waals surface area contributed by atoms with Crippen molar-refractivity contribution in [1.82, 2.24) is 9.97 Å². The third-order valence-electron chi connectivity index (χ3n) is 4.08. The minimum absolute atomic E-state index is 0.0399. The lowest BCUT2D eigenvalue weighted by atomic mass is 10.1. The summed E-state index contributed by atoms with van der Waals surface area (Å²) in [6, 6.07) is 18.7. The first-order valence-electron chi connectivity index (χ1n) is 9.17. The van der Waals surface area contributed by atoms with Gasteiger partial charge in [0, 0.05) is 11.1 Å². The maximum Gasteiger partial charge on any atom is 0.270 e. The Hall–Kier alpha value is -3.76. The van der Waals surface area contributed by atoms with Crippen molar-refractivity contribution in [3.8, 4) is 17.3 Å². The molecular weight excluding hydrogens is 366 g/mol. The molecule has 146 valence electrons. The highest BCUT2D eigenvalue weighted by Gasteiger charge is 2.12. The van der Waals surface area contributed by atoms with Crippen LogP contribution < -0.4 is 11.0 Å². The molecular formula is C22H21N5O2. The molecule has 0 atom stereocenters. The van der Waals surface area contributed by atoms with Gasteiger partial charge in [0.1, 0.15) is 11.6 Å². The second kappa shape index (κ2) is 9.44. The molecule has 2 aromatic carbocycles. The van der Waals surface area contributed by atoms with Crippen LogP contribution in [0.5, 0.6) is 0 Å². The number of benzene rings is 2. The van der Waals surface area contributed by atoms with E-state index in [9.17, 15) is 10.1 Å². The van der Waals surface area contributed by atoms with Gasteiger partial charge in [-0.05, 0) is 19.4 Å². The fourth-order valence-corrected chi connectivity index (χ4v) is 2.65. The first-order valence-corrected chi connectivity index (χ1v) is 9.17. The number of nitriles is 1. The SMILES string of the molecule is CC(C)OCc1ccccc1C=NNc1nc(-c2ccccc2)c(C#N)c(=O)[nH]1. The predicted molar refractivity (Wildman–Crippen MR) is 113 cm³/mol. The number of H-pyrrole nitrogens is 1. The van der Waals surface area contributed by atoms with Gasteiger partial charge in [-0.2, -0.15) is 10.4 Å². The van der Waals surface area contributed by atoms with Crippen molar-refractivity contribution < 1.29 is 4.74 Å². The van der Waals surface area contributed by atoms with Crippen LogP contribution in [0.4, 0.5) is 5.95 Å². The van der Waals surface area contributed by atoms with Crippen molar-refractivity contribution >= 4 is 12.2 Å². The molecule has 0 aliphatic heterocycles. The summed E-state index contributed by atoms with van der Waals surface area (Å²) in [5.74, 6) is 0.153. The minimum atomic E-state index is -0.523. The molecule has 2 N–H and O–H groups in total. The molecule has 1 heterocycles. The Morgan fingerprint density at radius 3 is 2.66 bits per heavy atom. The first kappa shape index (κ1) is 20.0. The van der Waals surface area contributed by atoms with Gasteiger partial charge in [-0.3, -0.25) is 9.78 Å². The molecule has 7 heteroatoms. The van der Waals surface area contributed by atoms with Crippen LogP contribution in [0.1, 0.15) is 30.5 Å². The predicted octanol–water partition coefficient (Wildman–Crippen LogP) is 3.68. The molecule has 7 nitrogen and oxygen atoms in total. The summed E-state index contributed by atoms with van der Waals surface area (Å²) in [6.07, 6.45) is 1.77. The molecule has 0 saturated heterocycles. The summed E-state index contributed by atoms with van der Waals surface area (Å²) in [5, 5.41) is 13.5. The summed E-state index contributed by atoms with van der Waals surface area (Å²) >= 11 is 0. The van der Waals surface area contributed by atoms with Crippen molar-refractivity contribution in [2.45, 2.75) is 26.6 Å². The summed E-state index contributed by atoms with van der Waals surface area (Å²) in [4.78, 5) is 19.2. The fourth-order valence-electron chi connectivity index (χ4n) is 2.65. The molecule has 3 aromatic rings. The lowest BCUT2D eigenvalue weighted by molar-refractivity contribution is 0.0656. The molecule has 0 spiro atoms. The van der Waals surface area contributed by atoms with E-state index in [-0.39, 0.29) is 17.6 Å². The van der Waals surface area contributed by atoms with E-state index >= 15 is 0 Å². The Balaban J connectivity index is 1.84. The maximum absolute atomic E-state index is 12.3. The summed E-state index contributed by atoms with van der Waals surface area (Å²) in [6.45, 7) is 4.44. The molecule has 3 rings (SSSR count). The molecule has 0 aliphatic rings. The van der Waals surface area contributed by atoms with Gasteiger partial charge >= 0.3 is 0 Å².